The number of anilines is 1. The number of halogens is 3. The van der Waals surface area contributed by atoms with Crippen molar-refractivity contribution >= 4 is 5.82 Å². The third kappa shape index (κ3) is 4.45. The van der Waals surface area contributed by atoms with Crippen LogP contribution in [0, 0.1) is 5.92 Å². The monoisotopic (exact) mass is 395 g/mol. The molecule has 1 saturated carbocycles. The van der Waals surface area contributed by atoms with Crippen molar-refractivity contribution in [3.05, 3.63) is 29.7 Å². The first kappa shape index (κ1) is 19.2. The van der Waals surface area contributed by atoms with Crippen LogP contribution in [0.25, 0.3) is 5.95 Å². The van der Waals surface area contributed by atoms with Crippen molar-refractivity contribution in [3.8, 4) is 5.95 Å². The molecule has 2 aromatic rings. The quantitative estimate of drug-likeness (QED) is 0.777. The molecular formula is C19H24F3N5O. The summed E-state index contributed by atoms with van der Waals surface area (Å²) >= 11 is 0. The minimum atomic E-state index is -2.54. The Morgan fingerprint density at radius 3 is 2.54 bits per heavy atom. The maximum absolute atomic E-state index is 13.5. The van der Waals surface area contributed by atoms with Gasteiger partial charge in [-0.2, -0.15) is 10.1 Å². The molecule has 0 radical (unpaired) electrons. The topological polar surface area (TPSA) is 56.1 Å². The highest BCUT2D eigenvalue weighted by molar-refractivity contribution is 5.42. The fourth-order valence-corrected chi connectivity index (χ4v) is 3.78. The molecule has 0 unspecified atom stereocenters. The maximum atomic E-state index is 13.5. The minimum absolute atomic E-state index is 0.0645. The zero-order valence-electron chi connectivity index (χ0n) is 15.7. The predicted molar refractivity (Wildman–Crippen MR) is 97.6 cm³/mol. The van der Waals surface area contributed by atoms with Crippen LogP contribution in [0.15, 0.2) is 18.3 Å². The summed E-state index contributed by atoms with van der Waals surface area (Å²) in [6, 6.07) is 3.52. The highest BCUT2D eigenvalue weighted by Crippen LogP contribution is 2.37. The molecule has 9 heteroatoms. The largest absolute Gasteiger partial charge is 0.378 e. The predicted octanol–water partition coefficient (Wildman–Crippen LogP) is 3.34. The fourth-order valence-electron chi connectivity index (χ4n) is 3.78. The molecular weight excluding hydrogens is 371 g/mol. The van der Waals surface area contributed by atoms with E-state index in [1.807, 2.05) is 6.07 Å². The molecule has 28 heavy (non-hydrogen) atoms. The summed E-state index contributed by atoms with van der Waals surface area (Å²) < 4.78 is 46.7. The number of ether oxygens (including phenoxy) is 1. The first-order chi connectivity index (χ1) is 13.5. The number of rotatable bonds is 5. The van der Waals surface area contributed by atoms with Crippen LogP contribution >= 0.6 is 0 Å². The van der Waals surface area contributed by atoms with Crippen LogP contribution in [-0.2, 0) is 17.8 Å². The van der Waals surface area contributed by atoms with Crippen LogP contribution in [0.1, 0.15) is 37.1 Å². The number of morpholine rings is 1. The second-order valence-electron chi connectivity index (χ2n) is 7.51. The minimum Gasteiger partial charge on any atom is -0.378 e. The fraction of sp³-hybridized carbons (Fsp3) is 0.632. The second kappa shape index (κ2) is 8.06. The van der Waals surface area contributed by atoms with E-state index in [1.54, 1.807) is 12.3 Å². The van der Waals surface area contributed by atoms with Crippen LogP contribution in [-0.4, -0.2) is 52.0 Å². The number of nitrogens with zero attached hydrogens (tertiary/aromatic N) is 5. The molecule has 1 aliphatic heterocycles. The Balaban J connectivity index is 1.59. The van der Waals surface area contributed by atoms with E-state index in [2.05, 4.69) is 20.0 Å². The van der Waals surface area contributed by atoms with E-state index >= 15 is 0 Å². The summed E-state index contributed by atoms with van der Waals surface area (Å²) in [4.78, 5) is 11.3. The second-order valence-corrected chi connectivity index (χ2v) is 7.51. The molecule has 1 saturated heterocycles. The summed E-state index contributed by atoms with van der Waals surface area (Å²) in [5.74, 6) is -1.22. The highest BCUT2D eigenvalue weighted by Gasteiger charge is 2.35. The van der Waals surface area contributed by atoms with Gasteiger partial charge in [0.05, 0.1) is 18.9 Å². The zero-order valence-corrected chi connectivity index (χ0v) is 15.7. The smallest absolute Gasteiger partial charge is 0.252 e. The lowest BCUT2D eigenvalue weighted by Gasteiger charge is -2.29. The number of alkyl halides is 3. The van der Waals surface area contributed by atoms with Crippen LogP contribution in [0.2, 0.25) is 0 Å². The van der Waals surface area contributed by atoms with Gasteiger partial charge in [-0.15, -0.1) is 0 Å². The highest BCUT2D eigenvalue weighted by atomic mass is 19.3. The average Bonchev–Trinajstić information content (AvgIpc) is 3.19. The van der Waals surface area contributed by atoms with Crippen molar-refractivity contribution < 1.29 is 17.9 Å². The lowest BCUT2D eigenvalue weighted by molar-refractivity contribution is -0.0457. The zero-order chi connectivity index (χ0) is 19.6. The third-order valence-electron chi connectivity index (χ3n) is 5.41. The van der Waals surface area contributed by atoms with Crippen molar-refractivity contribution in [3.63, 3.8) is 0 Å². The van der Waals surface area contributed by atoms with E-state index in [9.17, 15) is 13.2 Å². The Morgan fingerprint density at radius 1 is 1.11 bits per heavy atom. The van der Waals surface area contributed by atoms with E-state index < -0.39 is 12.6 Å². The summed E-state index contributed by atoms with van der Waals surface area (Å²) in [5.41, 5.74) is 1.12. The molecule has 6 nitrogen and oxygen atoms in total. The van der Waals surface area contributed by atoms with Crippen molar-refractivity contribution in [2.75, 3.05) is 31.2 Å². The van der Waals surface area contributed by atoms with Gasteiger partial charge in [0.15, 0.2) is 0 Å². The third-order valence-corrected chi connectivity index (χ3v) is 5.41. The average molecular weight is 395 g/mol. The van der Waals surface area contributed by atoms with E-state index in [0.29, 0.717) is 44.1 Å². The standard InChI is InChI=1S/C19H24F3N5O/c20-13-15-3-6-27(25-15)18-23-16(11-14-1-4-19(21,22)5-2-14)12-17(24-18)26-7-9-28-10-8-26/h3,6,12,14H,1-2,4-5,7-11,13H2. The molecule has 0 bridgehead atoms. The Kier molecular flexibility index (Phi) is 5.52. The van der Waals surface area contributed by atoms with Crippen molar-refractivity contribution in [2.45, 2.75) is 44.7 Å². The first-order valence-electron chi connectivity index (χ1n) is 9.72. The van der Waals surface area contributed by atoms with Gasteiger partial charge < -0.3 is 9.64 Å². The van der Waals surface area contributed by atoms with Crippen LogP contribution in [0.3, 0.4) is 0 Å². The van der Waals surface area contributed by atoms with Crippen molar-refractivity contribution in [1.29, 1.82) is 0 Å². The molecule has 152 valence electrons. The van der Waals surface area contributed by atoms with Gasteiger partial charge in [0.1, 0.15) is 12.5 Å². The lowest BCUT2D eigenvalue weighted by Crippen LogP contribution is -2.37. The molecule has 0 aromatic carbocycles. The molecule has 0 N–H and O–H groups in total. The van der Waals surface area contributed by atoms with E-state index in [-0.39, 0.29) is 18.8 Å². The molecule has 1 aliphatic carbocycles. The van der Waals surface area contributed by atoms with Gasteiger partial charge in [-0.25, -0.2) is 22.8 Å². The normalized spacial score (nSPS) is 20.5. The van der Waals surface area contributed by atoms with Crippen molar-refractivity contribution in [1.82, 2.24) is 19.7 Å². The molecule has 2 fully saturated rings. The summed E-state index contributed by atoms with van der Waals surface area (Å²) in [5, 5.41) is 4.17. The Morgan fingerprint density at radius 2 is 1.86 bits per heavy atom. The molecule has 2 aliphatic rings. The summed E-state index contributed by atoms with van der Waals surface area (Å²) in [6.45, 7) is 2.04. The van der Waals surface area contributed by atoms with Gasteiger partial charge in [0.25, 0.3) is 5.95 Å². The summed E-state index contributed by atoms with van der Waals surface area (Å²) in [6.07, 6.45) is 3.12. The molecule has 0 spiro atoms. The van der Waals surface area contributed by atoms with Gasteiger partial charge in [-0.05, 0) is 31.2 Å². The SMILES string of the molecule is FCc1ccn(-c2nc(CC3CCC(F)(F)CC3)cc(N3CCOCC3)n2)n1. The molecule has 3 heterocycles. The number of hydrogen-bond acceptors (Lipinski definition) is 5. The van der Waals surface area contributed by atoms with Gasteiger partial charge in [0.2, 0.25) is 5.92 Å². The first-order valence-corrected chi connectivity index (χ1v) is 9.72. The Bertz CT molecular complexity index is 797. The molecule has 0 amide bonds. The lowest BCUT2D eigenvalue weighted by atomic mass is 9.84. The van der Waals surface area contributed by atoms with E-state index in [1.165, 1.54) is 4.68 Å². The Labute approximate surface area is 161 Å². The van der Waals surface area contributed by atoms with E-state index in [0.717, 1.165) is 24.6 Å². The van der Waals surface area contributed by atoms with Crippen LogP contribution in [0.4, 0.5) is 19.0 Å². The number of hydrogen-bond donors (Lipinski definition) is 0. The van der Waals surface area contributed by atoms with Crippen LogP contribution in [0.5, 0.6) is 0 Å². The van der Waals surface area contributed by atoms with Gasteiger partial charge in [-0.1, -0.05) is 0 Å². The van der Waals surface area contributed by atoms with Crippen LogP contribution < -0.4 is 4.90 Å². The number of aromatic nitrogens is 4. The van der Waals surface area contributed by atoms with Gasteiger partial charge in [-0.3, -0.25) is 0 Å². The van der Waals surface area contributed by atoms with Gasteiger partial charge in [0, 0.05) is 43.9 Å². The maximum Gasteiger partial charge on any atom is 0.252 e. The van der Waals surface area contributed by atoms with Gasteiger partial charge >= 0.3 is 0 Å². The molecule has 4 rings (SSSR count). The van der Waals surface area contributed by atoms with Crippen molar-refractivity contribution in [2.24, 2.45) is 5.92 Å². The summed E-state index contributed by atoms with van der Waals surface area (Å²) in [7, 11) is 0. The van der Waals surface area contributed by atoms with E-state index in [4.69, 9.17) is 4.74 Å². The molecule has 0 atom stereocenters. The molecule has 2 aromatic heterocycles. The Hall–Kier alpha value is -2.16.